The Kier molecular flexibility index (Phi) is 3.52. The molecule has 0 amide bonds. The van der Waals surface area contributed by atoms with Crippen LogP contribution in [0.2, 0.25) is 0 Å². The highest BCUT2D eigenvalue weighted by atomic mass is 19.3. The Balaban J connectivity index is 3.26. The van der Waals surface area contributed by atoms with E-state index in [0.29, 0.717) is 0 Å². The molecule has 0 unspecified atom stereocenters. The largest absolute Gasteiger partial charge is 0.506 e. The maximum Gasteiger partial charge on any atom is 0.280 e. The van der Waals surface area contributed by atoms with Crippen molar-refractivity contribution in [2.75, 3.05) is 0 Å². The number of nitriles is 1. The Labute approximate surface area is 85.0 Å². The van der Waals surface area contributed by atoms with Crippen LogP contribution in [0.25, 0.3) is 0 Å². The fourth-order valence-corrected chi connectivity index (χ4v) is 1.14. The lowest BCUT2D eigenvalue weighted by Crippen LogP contribution is -2.04. The number of pyridine rings is 1. The standard InChI is InChI=1S/C9H9F2N3O/c10-9(11)7-3-5(4-13)8(15)6(14-7)1-2-12/h3,9,15H,1,4,13H2. The van der Waals surface area contributed by atoms with E-state index in [-0.39, 0.29) is 30.0 Å². The predicted molar refractivity (Wildman–Crippen MR) is 48.1 cm³/mol. The molecule has 0 bridgehead atoms. The number of halogens is 2. The lowest BCUT2D eigenvalue weighted by atomic mass is 10.1. The summed E-state index contributed by atoms with van der Waals surface area (Å²) in [6.45, 7) is -0.0769. The zero-order valence-electron chi connectivity index (χ0n) is 7.74. The molecule has 1 rings (SSSR count). The van der Waals surface area contributed by atoms with Gasteiger partial charge in [0.25, 0.3) is 6.43 Å². The quantitative estimate of drug-likeness (QED) is 0.791. The zero-order chi connectivity index (χ0) is 11.4. The van der Waals surface area contributed by atoms with Gasteiger partial charge in [-0.2, -0.15) is 5.26 Å². The van der Waals surface area contributed by atoms with Crippen molar-refractivity contribution in [3.8, 4) is 11.8 Å². The molecule has 0 aliphatic heterocycles. The van der Waals surface area contributed by atoms with Crippen molar-refractivity contribution < 1.29 is 13.9 Å². The first-order chi connectivity index (χ1) is 7.10. The number of nitrogens with two attached hydrogens (primary N) is 1. The fraction of sp³-hybridized carbons (Fsp3) is 0.333. The number of hydrogen-bond donors (Lipinski definition) is 2. The molecule has 15 heavy (non-hydrogen) atoms. The molecule has 80 valence electrons. The van der Waals surface area contributed by atoms with E-state index in [2.05, 4.69) is 4.98 Å². The van der Waals surface area contributed by atoms with Crippen LogP contribution >= 0.6 is 0 Å². The lowest BCUT2D eigenvalue weighted by Gasteiger charge is -2.08. The molecular weight excluding hydrogens is 204 g/mol. The van der Waals surface area contributed by atoms with Crippen LogP contribution in [-0.4, -0.2) is 10.1 Å². The van der Waals surface area contributed by atoms with Crippen LogP contribution in [-0.2, 0) is 13.0 Å². The smallest absolute Gasteiger partial charge is 0.280 e. The summed E-state index contributed by atoms with van der Waals surface area (Å²) in [4.78, 5) is 3.49. The van der Waals surface area contributed by atoms with E-state index < -0.39 is 12.1 Å². The molecule has 0 aromatic carbocycles. The number of aromatic hydroxyl groups is 1. The highest BCUT2D eigenvalue weighted by molar-refractivity contribution is 5.39. The predicted octanol–water partition coefficient (Wildman–Crippen LogP) is 1.25. The minimum atomic E-state index is -2.74. The molecule has 6 heteroatoms. The van der Waals surface area contributed by atoms with Crippen LogP contribution in [0.4, 0.5) is 8.78 Å². The van der Waals surface area contributed by atoms with Crippen LogP contribution in [0.15, 0.2) is 6.07 Å². The minimum Gasteiger partial charge on any atom is -0.506 e. The Bertz CT molecular complexity index is 401. The topological polar surface area (TPSA) is 82.9 Å². The SMILES string of the molecule is N#CCc1nc(C(F)F)cc(CN)c1O. The molecule has 0 atom stereocenters. The molecule has 4 nitrogen and oxygen atoms in total. The number of hydrogen-bond acceptors (Lipinski definition) is 4. The summed E-state index contributed by atoms with van der Waals surface area (Å²) < 4.78 is 24.7. The van der Waals surface area contributed by atoms with E-state index in [9.17, 15) is 13.9 Å². The van der Waals surface area contributed by atoms with Crippen molar-refractivity contribution in [3.05, 3.63) is 23.0 Å². The first-order valence-electron chi connectivity index (χ1n) is 4.17. The van der Waals surface area contributed by atoms with Crippen molar-refractivity contribution >= 4 is 0 Å². The van der Waals surface area contributed by atoms with Gasteiger partial charge in [0.15, 0.2) is 0 Å². The van der Waals surface area contributed by atoms with Gasteiger partial charge in [0, 0.05) is 12.1 Å². The van der Waals surface area contributed by atoms with Crippen molar-refractivity contribution in [2.45, 2.75) is 19.4 Å². The number of alkyl halides is 2. The third-order valence-electron chi connectivity index (χ3n) is 1.85. The molecule has 0 radical (unpaired) electrons. The van der Waals surface area contributed by atoms with Gasteiger partial charge in [-0.15, -0.1) is 0 Å². The van der Waals surface area contributed by atoms with Gasteiger partial charge in [-0.05, 0) is 6.07 Å². The maximum absolute atomic E-state index is 12.4. The van der Waals surface area contributed by atoms with Gasteiger partial charge >= 0.3 is 0 Å². The van der Waals surface area contributed by atoms with E-state index in [1.165, 1.54) is 0 Å². The molecule has 3 N–H and O–H groups in total. The Morgan fingerprint density at radius 2 is 2.27 bits per heavy atom. The number of rotatable bonds is 3. The third kappa shape index (κ3) is 2.39. The fourth-order valence-electron chi connectivity index (χ4n) is 1.14. The third-order valence-corrected chi connectivity index (χ3v) is 1.85. The minimum absolute atomic E-state index is 0.0595. The summed E-state index contributed by atoms with van der Waals surface area (Å²) in [6.07, 6.45) is -2.97. The Hall–Kier alpha value is -1.74. The first-order valence-corrected chi connectivity index (χ1v) is 4.17. The molecule has 1 heterocycles. The van der Waals surface area contributed by atoms with E-state index >= 15 is 0 Å². The van der Waals surface area contributed by atoms with Gasteiger partial charge in [0.2, 0.25) is 0 Å². The van der Waals surface area contributed by atoms with Crippen molar-refractivity contribution in [1.29, 1.82) is 5.26 Å². The van der Waals surface area contributed by atoms with Gasteiger partial charge in [0.1, 0.15) is 11.4 Å². The Morgan fingerprint density at radius 3 is 2.73 bits per heavy atom. The van der Waals surface area contributed by atoms with E-state index in [4.69, 9.17) is 11.0 Å². The number of nitrogens with zero attached hydrogens (tertiary/aromatic N) is 2. The molecule has 0 aliphatic rings. The average Bonchev–Trinajstić information content (AvgIpc) is 2.21. The normalized spacial score (nSPS) is 10.3. The van der Waals surface area contributed by atoms with Gasteiger partial charge in [-0.1, -0.05) is 0 Å². The molecule has 0 aliphatic carbocycles. The highest BCUT2D eigenvalue weighted by Gasteiger charge is 2.16. The second kappa shape index (κ2) is 4.66. The van der Waals surface area contributed by atoms with Crippen molar-refractivity contribution in [2.24, 2.45) is 5.73 Å². The summed E-state index contributed by atoms with van der Waals surface area (Å²) in [5.74, 6) is -0.275. The van der Waals surface area contributed by atoms with Gasteiger partial charge in [0.05, 0.1) is 18.2 Å². The monoisotopic (exact) mass is 213 g/mol. The van der Waals surface area contributed by atoms with Crippen LogP contribution in [0.3, 0.4) is 0 Å². The van der Waals surface area contributed by atoms with E-state index in [1.54, 1.807) is 6.07 Å². The summed E-state index contributed by atoms with van der Waals surface area (Å²) >= 11 is 0. The van der Waals surface area contributed by atoms with Gasteiger partial charge < -0.3 is 10.8 Å². The molecule has 0 spiro atoms. The van der Waals surface area contributed by atoms with Crippen LogP contribution in [0.5, 0.6) is 5.75 Å². The molecular formula is C9H9F2N3O. The lowest BCUT2D eigenvalue weighted by molar-refractivity contribution is 0.145. The highest BCUT2D eigenvalue weighted by Crippen LogP contribution is 2.26. The van der Waals surface area contributed by atoms with E-state index in [0.717, 1.165) is 6.07 Å². The van der Waals surface area contributed by atoms with Crippen molar-refractivity contribution in [1.82, 2.24) is 4.98 Å². The van der Waals surface area contributed by atoms with Gasteiger partial charge in [-0.3, -0.25) is 0 Å². The van der Waals surface area contributed by atoms with Crippen LogP contribution in [0.1, 0.15) is 23.4 Å². The second-order valence-electron chi connectivity index (χ2n) is 2.84. The molecule has 1 aromatic heterocycles. The van der Waals surface area contributed by atoms with Crippen LogP contribution < -0.4 is 5.73 Å². The maximum atomic E-state index is 12.4. The van der Waals surface area contributed by atoms with Crippen molar-refractivity contribution in [3.63, 3.8) is 0 Å². The van der Waals surface area contributed by atoms with E-state index in [1.807, 2.05) is 0 Å². The molecule has 0 fully saturated rings. The summed E-state index contributed by atoms with van der Waals surface area (Å²) in [5.41, 5.74) is 4.91. The second-order valence-corrected chi connectivity index (χ2v) is 2.84. The average molecular weight is 213 g/mol. The molecule has 1 aromatic rings. The summed E-state index contributed by atoms with van der Waals surface area (Å²) in [7, 11) is 0. The molecule has 0 saturated heterocycles. The number of aromatic nitrogens is 1. The summed E-state index contributed by atoms with van der Waals surface area (Å²) in [5, 5.41) is 17.9. The zero-order valence-corrected chi connectivity index (χ0v) is 7.74. The Morgan fingerprint density at radius 1 is 1.60 bits per heavy atom. The van der Waals surface area contributed by atoms with Gasteiger partial charge in [-0.25, -0.2) is 13.8 Å². The van der Waals surface area contributed by atoms with Crippen LogP contribution in [0, 0.1) is 11.3 Å². The molecule has 0 saturated carbocycles. The first kappa shape index (κ1) is 11.3. The summed E-state index contributed by atoms with van der Waals surface area (Å²) in [6, 6.07) is 2.78.